The zero-order chi connectivity index (χ0) is 28.6. The molecule has 3 aromatic rings. The van der Waals surface area contributed by atoms with Crippen molar-refractivity contribution in [3.05, 3.63) is 93.4 Å². The van der Waals surface area contributed by atoms with Crippen LogP contribution in [0.15, 0.2) is 59.5 Å². The molecule has 2 atom stereocenters. The number of aromatic nitrogens is 1. The van der Waals surface area contributed by atoms with Crippen LogP contribution >= 0.6 is 0 Å². The third kappa shape index (κ3) is 4.92. The van der Waals surface area contributed by atoms with Gasteiger partial charge < -0.3 is 23.8 Å². The number of rotatable bonds is 5. The van der Waals surface area contributed by atoms with Gasteiger partial charge in [0.05, 0.1) is 12.7 Å². The molecule has 1 aromatic heterocycles. The molecule has 0 unspecified atom stereocenters. The van der Waals surface area contributed by atoms with E-state index in [-0.39, 0.29) is 23.8 Å². The molecule has 0 saturated carbocycles. The topological polar surface area (TPSA) is 99.5 Å². The lowest BCUT2D eigenvalue weighted by molar-refractivity contribution is -0.00926. The highest BCUT2D eigenvalue weighted by atomic mass is 19.2. The second-order valence-corrected chi connectivity index (χ2v) is 9.56. The molecular formula is C28H27F2N3O7. The summed E-state index contributed by atoms with van der Waals surface area (Å²) in [6, 6.07) is 11.6. The van der Waals surface area contributed by atoms with E-state index in [0.717, 1.165) is 12.1 Å². The van der Waals surface area contributed by atoms with Crippen molar-refractivity contribution in [1.82, 2.24) is 9.58 Å². The molecule has 0 fully saturated rings. The summed E-state index contributed by atoms with van der Waals surface area (Å²) in [5.41, 5.74) is 0.274. The number of halogens is 2. The molecule has 1 amide bonds. The van der Waals surface area contributed by atoms with E-state index in [0.29, 0.717) is 17.5 Å². The van der Waals surface area contributed by atoms with Crippen LogP contribution in [0, 0.1) is 11.6 Å². The molecule has 10 nitrogen and oxygen atoms in total. The molecule has 12 heteroatoms. The summed E-state index contributed by atoms with van der Waals surface area (Å²) in [5, 5.41) is 1.80. The summed E-state index contributed by atoms with van der Waals surface area (Å²) in [7, 11) is 1.57. The molecule has 0 aliphatic carbocycles. The summed E-state index contributed by atoms with van der Waals surface area (Å²) >= 11 is 0. The van der Waals surface area contributed by atoms with Gasteiger partial charge in [0.25, 0.3) is 5.91 Å². The zero-order valence-electron chi connectivity index (χ0n) is 22.0. The lowest BCUT2D eigenvalue weighted by atomic mass is 9.95. The molecule has 2 aliphatic rings. The highest BCUT2D eigenvalue weighted by Crippen LogP contribution is 2.41. The zero-order valence-corrected chi connectivity index (χ0v) is 22.0. The lowest BCUT2D eigenvalue weighted by Gasteiger charge is -2.50. The smallest absolute Gasteiger partial charge is 0.493 e. The Hall–Kier alpha value is -4.61. The van der Waals surface area contributed by atoms with Gasteiger partial charge in [-0.3, -0.25) is 19.3 Å². The van der Waals surface area contributed by atoms with Gasteiger partial charge in [-0.2, -0.15) is 0 Å². The predicted octanol–water partition coefficient (Wildman–Crippen LogP) is 3.95. The van der Waals surface area contributed by atoms with Crippen LogP contribution in [0.1, 0.15) is 47.9 Å². The first-order valence-corrected chi connectivity index (χ1v) is 12.6. The van der Waals surface area contributed by atoms with Crippen molar-refractivity contribution in [2.75, 3.05) is 25.5 Å². The third-order valence-electron chi connectivity index (χ3n) is 6.63. The first-order chi connectivity index (χ1) is 19.2. The summed E-state index contributed by atoms with van der Waals surface area (Å²) in [6.45, 7) is 2.70. The predicted molar refractivity (Wildman–Crippen MR) is 138 cm³/mol. The Bertz CT molecular complexity index is 1500. The molecule has 0 spiro atoms. The van der Waals surface area contributed by atoms with Crippen molar-refractivity contribution >= 4 is 12.1 Å². The van der Waals surface area contributed by atoms with E-state index in [9.17, 15) is 23.2 Å². The molecule has 0 N–H and O–H groups in total. The number of fused-ring (bicyclic) bond motifs is 4. The van der Waals surface area contributed by atoms with Gasteiger partial charge in [0.2, 0.25) is 18.0 Å². The van der Waals surface area contributed by atoms with Crippen LogP contribution in [-0.2, 0) is 9.47 Å². The fraction of sp³-hybridized carbons (Fsp3) is 0.321. The largest absolute Gasteiger partial charge is 0.511 e. The Morgan fingerprint density at radius 3 is 2.55 bits per heavy atom. The monoisotopic (exact) mass is 555 g/mol. The molecule has 0 bridgehead atoms. The fourth-order valence-corrected chi connectivity index (χ4v) is 4.91. The normalized spacial score (nSPS) is 18.1. The van der Waals surface area contributed by atoms with E-state index in [4.69, 9.17) is 18.9 Å². The summed E-state index contributed by atoms with van der Waals surface area (Å²) < 4.78 is 51.6. The van der Waals surface area contributed by atoms with Crippen LogP contribution in [0.2, 0.25) is 0 Å². The average Bonchev–Trinajstić information content (AvgIpc) is 2.91. The summed E-state index contributed by atoms with van der Waals surface area (Å²) in [4.78, 5) is 39.8. The molecule has 5 rings (SSSR count). The van der Waals surface area contributed by atoms with E-state index in [2.05, 4.69) is 0 Å². The molecule has 40 heavy (non-hydrogen) atoms. The standard InChI is InChI=1S/C28H27F2N3O7/c1-16(2)40-28(36)39-15-38-26-21(34)9-11-32-25(26)27(35)31(3)23-10-12-37-22-14-20(30)19(29)13-18(22)24(33(23)32)17-7-5-4-6-8-17/h4-9,11,13-14,16,23-24H,10,12,15H2,1-3H3/t23-,24+/m1/s1. The number of carbonyl (C=O) groups is 2. The number of carbonyl (C=O) groups excluding carboxylic acids is 2. The van der Waals surface area contributed by atoms with Crippen molar-refractivity contribution in [2.24, 2.45) is 0 Å². The van der Waals surface area contributed by atoms with Gasteiger partial charge >= 0.3 is 6.16 Å². The molecule has 3 heterocycles. The molecular weight excluding hydrogens is 528 g/mol. The van der Waals surface area contributed by atoms with Gasteiger partial charge in [0, 0.05) is 37.4 Å². The number of benzene rings is 2. The van der Waals surface area contributed by atoms with E-state index >= 15 is 0 Å². The fourth-order valence-electron chi connectivity index (χ4n) is 4.91. The maximum atomic E-state index is 14.7. The minimum atomic E-state index is -1.06. The molecule has 210 valence electrons. The maximum Gasteiger partial charge on any atom is 0.511 e. The van der Waals surface area contributed by atoms with Crippen LogP contribution in [0.25, 0.3) is 0 Å². The Kier molecular flexibility index (Phi) is 7.33. The van der Waals surface area contributed by atoms with E-state index in [1.165, 1.54) is 21.8 Å². The number of ether oxygens (including phenoxy) is 4. The quantitative estimate of drug-likeness (QED) is 0.345. The van der Waals surface area contributed by atoms with Crippen molar-refractivity contribution in [3.8, 4) is 11.5 Å². The molecule has 0 radical (unpaired) electrons. The summed E-state index contributed by atoms with van der Waals surface area (Å²) in [6.07, 6.45) is -0.312. The van der Waals surface area contributed by atoms with Gasteiger partial charge in [-0.25, -0.2) is 13.6 Å². The Morgan fingerprint density at radius 2 is 1.82 bits per heavy atom. The number of nitrogens with zero attached hydrogens (tertiary/aromatic N) is 3. The van der Waals surface area contributed by atoms with E-state index in [1.807, 2.05) is 18.2 Å². The van der Waals surface area contributed by atoms with Crippen LogP contribution in [0.4, 0.5) is 13.6 Å². The van der Waals surface area contributed by atoms with Crippen LogP contribution < -0.4 is 19.9 Å². The number of hydrogen-bond acceptors (Lipinski definition) is 8. The Labute approximate surface area is 228 Å². The van der Waals surface area contributed by atoms with Crippen molar-refractivity contribution in [2.45, 2.75) is 38.6 Å². The first kappa shape index (κ1) is 27.0. The van der Waals surface area contributed by atoms with Crippen molar-refractivity contribution < 1.29 is 37.3 Å². The summed E-state index contributed by atoms with van der Waals surface area (Å²) in [5.74, 6) is -2.83. The van der Waals surface area contributed by atoms with Gasteiger partial charge in [-0.05, 0) is 25.5 Å². The Morgan fingerprint density at radius 1 is 1.10 bits per heavy atom. The first-order valence-electron chi connectivity index (χ1n) is 12.6. The second-order valence-electron chi connectivity index (χ2n) is 9.56. The highest BCUT2D eigenvalue weighted by Gasteiger charge is 2.43. The number of pyridine rings is 1. The van der Waals surface area contributed by atoms with Crippen LogP contribution in [0.3, 0.4) is 0 Å². The molecule has 0 saturated heterocycles. The van der Waals surface area contributed by atoms with Gasteiger partial charge in [-0.1, -0.05) is 30.3 Å². The van der Waals surface area contributed by atoms with Crippen molar-refractivity contribution in [3.63, 3.8) is 0 Å². The average molecular weight is 556 g/mol. The highest BCUT2D eigenvalue weighted by molar-refractivity contribution is 5.96. The minimum absolute atomic E-state index is 0.100. The minimum Gasteiger partial charge on any atom is -0.493 e. The van der Waals surface area contributed by atoms with Crippen molar-refractivity contribution in [1.29, 1.82) is 0 Å². The van der Waals surface area contributed by atoms with Crippen LogP contribution in [0.5, 0.6) is 11.5 Å². The van der Waals surface area contributed by atoms with Gasteiger partial charge in [-0.15, -0.1) is 0 Å². The maximum absolute atomic E-state index is 14.7. The SMILES string of the molecule is CC(C)OC(=O)OCOc1c2n(ccc1=O)N1[C@@H](c3ccccc3)c3cc(F)c(F)cc3OCC[C@@H]1N(C)C2=O. The van der Waals surface area contributed by atoms with Gasteiger partial charge in [0.15, 0.2) is 17.3 Å². The van der Waals surface area contributed by atoms with Gasteiger partial charge in [0.1, 0.15) is 18.0 Å². The van der Waals surface area contributed by atoms with E-state index < -0.39 is 54.2 Å². The molecule has 2 aromatic carbocycles. The lowest BCUT2D eigenvalue weighted by Crippen LogP contribution is -2.62. The number of hydrogen-bond donors (Lipinski definition) is 0. The van der Waals surface area contributed by atoms with Crippen LogP contribution in [-0.4, -0.2) is 54.4 Å². The third-order valence-corrected chi connectivity index (χ3v) is 6.63. The Balaban J connectivity index is 1.66. The van der Waals surface area contributed by atoms with E-state index in [1.54, 1.807) is 38.0 Å². The molecule has 2 aliphatic heterocycles. The number of amides is 1. The second kappa shape index (κ2) is 10.9.